The second-order valence-electron chi connectivity index (χ2n) is 10.4. The molecule has 2 aliphatic heterocycles. The van der Waals surface area contributed by atoms with E-state index in [9.17, 15) is 14.0 Å². The van der Waals surface area contributed by atoms with E-state index >= 15 is 0 Å². The number of aromatic nitrogens is 1. The number of hydrogen-bond donors (Lipinski definition) is 0. The van der Waals surface area contributed by atoms with Crippen LogP contribution in [0.1, 0.15) is 59.2 Å². The molecule has 2 amide bonds. The molecule has 3 atom stereocenters. The minimum Gasteiger partial charge on any atom is -0.349 e. The van der Waals surface area contributed by atoms with Crippen LogP contribution in [0.2, 0.25) is 5.02 Å². The molecule has 1 saturated heterocycles. The fourth-order valence-electron chi connectivity index (χ4n) is 5.38. The van der Waals surface area contributed by atoms with E-state index in [-0.39, 0.29) is 29.8 Å². The van der Waals surface area contributed by atoms with Crippen LogP contribution >= 0.6 is 11.6 Å². The molecule has 3 heterocycles. The third-order valence-corrected chi connectivity index (χ3v) is 7.32. The quantitative estimate of drug-likeness (QED) is 0.592. The molecule has 8 heteroatoms. The van der Waals surface area contributed by atoms with Crippen LogP contribution in [-0.2, 0) is 15.0 Å². The van der Waals surface area contributed by atoms with E-state index in [4.69, 9.17) is 16.6 Å². The fourth-order valence-corrected chi connectivity index (χ4v) is 5.64. The van der Waals surface area contributed by atoms with E-state index in [1.807, 2.05) is 25.7 Å². The molecule has 35 heavy (non-hydrogen) atoms. The Morgan fingerprint density at radius 2 is 1.89 bits per heavy atom. The molecular weight excluding hydrogens is 467 g/mol. The topological polar surface area (TPSA) is 65.9 Å². The lowest BCUT2D eigenvalue weighted by molar-refractivity contribution is -0.133. The van der Waals surface area contributed by atoms with Crippen molar-refractivity contribution in [3.05, 3.63) is 52.4 Å². The summed E-state index contributed by atoms with van der Waals surface area (Å²) in [6.45, 7) is 12.6. The molecule has 0 aliphatic carbocycles. The van der Waals surface area contributed by atoms with Gasteiger partial charge in [-0.15, -0.1) is 0 Å². The first kappa shape index (κ1) is 25.3. The van der Waals surface area contributed by atoms with Crippen LogP contribution in [0.3, 0.4) is 0 Å². The van der Waals surface area contributed by atoms with Crippen LogP contribution in [0.25, 0.3) is 11.3 Å². The first-order valence-electron chi connectivity index (χ1n) is 12.1. The largest absolute Gasteiger partial charge is 0.349 e. The van der Waals surface area contributed by atoms with Crippen molar-refractivity contribution >= 4 is 29.3 Å². The number of aliphatic imine (C=N–C) groups is 1. The maximum Gasteiger partial charge on any atom is 0.259 e. The number of carbonyl (C=O) groups is 2. The molecule has 0 radical (unpaired) electrons. The molecule has 0 N–H and O–H groups in total. The van der Waals surface area contributed by atoms with E-state index in [2.05, 4.69) is 23.7 Å². The van der Waals surface area contributed by atoms with Crippen molar-refractivity contribution in [2.45, 2.75) is 65.5 Å². The summed E-state index contributed by atoms with van der Waals surface area (Å²) in [6, 6.07) is 8.02. The molecule has 0 spiro atoms. The zero-order valence-corrected chi connectivity index (χ0v) is 21.9. The van der Waals surface area contributed by atoms with Gasteiger partial charge in [-0.2, -0.15) is 4.99 Å². The van der Waals surface area contributed by atoms with E-state index in [0.717, 1.165) is 0 Å². The lowest BCUT2D eigenvalue weighted by Gasteiger charge is -2.46. The molecule has 6 nitrogen and oxygen atoms in total. The van der Waals surface area contributed by atoms with Crippen molar-refractivity contribution in [1.29, 1.82) is 0 Å². The van der Waals surface area contributed by atoms with E-state index in [1.54, 1.807) is 31.2 Å². The van der Waals surface area contributed by atoms with Gasteiger partial charge in [0.25, 0.3) is 5.91 Å². The van der Waals surface area contributed by atoms with Gasteiger partial charge in [-0.25, -0.2) is 9.37 Å². The fraction of sp³-hybridized carbons (Fsp3) is 0.481. The Morgan fingerprint density at radius 3 is 2.51 bits per heavy atom. The van der Waals surface area contributed by atoms with Crippen molar-refractivity contribution in [2.24, 2.45) is 10.9 Å². The molecule has 2 aromatic rings. The maximum absolute atomic E-state index is 14.7. The Labute approximate surface area is 211 Å². The van der Waals surface area contributed by atoms with Gasteiger partial charge in [0.05, 0.1) is 21.8 Å². The predicted octanol–water partition coefficient (Wildman–Crippen LogP) is 5.07. The molecule has 2 aliphatic rings. The number of amides is 2. The number of pyridine rings is 1. The van der Waals surface area contributed by atoms with Gasteiger partial charge in [-0.05, 0) is 51.3 Å². The van der Waals surface area contributed by atoms with Crippen molar-refractivity contribution in [2.75, 3.05) is 13.1 Å². The number of benzene rings is 1. The number of carbonyl (C=O) groups excluding carboxylic acids is 2. The minimum atomic E-state index is -0.965. The van der Waals surface area contributed by atoms with Gasteiger partial charge in [-0.3, -0.25) is 9.59 Å². The van der Waals surface area contributed by atoms with Crippen LogP contribution < -0.4 is 0 Å². The lowest BCUT2D eigenvalue weighted by atomic mass is 9.74. The van der Waals surface area contributed by atoms with Gasteiger partial charge in [0.15, 0.2) is 0 Å². The minimum absolute atomic E-state index is 0.0230. The number of hydrogen-bond acceptors (Lipinski definition) is 4. The summed E-state index contributed by atoms with van der Waals surface area (Å²) in [5.41, 5.74) is 0.898. The summed E-state index contributed by atoms with van der Waals surface area (Å²) in [5.74, 6) is 0.0576. The monoisotopic (exact) mass is 498 g/mol. The van der Waals surface area contributed by atoms with Gasteiger partial charge in [0, 0.05) is 43.2 Å². The SMILES string of the molecule is CC(=O)N1CC(C)N(C2=NC(=O)C(C)(CC(C)C)c3nc(-c4ccccc4F)c(Cl)cc32)CC1C. The van der Waals surface area contributed by atoms with Crippen LogP contribution in [0.5, 0.6) is 0 Å². The summed E-state index contributed by atoms with van der Waals surface area (Å²) in [6.07, 6.45) is 0.547. The summed E-state index contributed by atoms with van der Waals surface area (Å²) in [7, 11) is 0. The Balaban J connectivity index is 1.89. The molecule has 0 bridgehead atoms. The number of rotatable bonds is 3. The highest BCUT2D eigenvalue weighted by Crippen LogP contribution is 2.41. The second kappa shape index (κ2) is 9.34. The number of amidine groups is 1. The highest BCUT2D eigenvalue weighted by atomic mass is 35.5. The first-order valence-corrected chi connectivity index (χ1v) is 12.4. The summed E-state index contributed by atoms with van der Waals surface area (Å²) in [4.78, 5) is 39.1. The number of nitrogens with zero attached hydrogens (tertiary/aromatic N) is 4. The average Bonchev–Trinajstić information content (AvgIpc) is 2.77. The van der Waals surface area contributed by atoms with Crippen molar-refractivity contribution in [1.82, 2.24) is 14.8 Å². The number of halogens is 2. The van der Waals surface area contributed by atoms with Crippen LogP contribution in [0.4, 0.5) is 4.39 Å². The van der Waals surface area contributed by atoms with Crippen LogP contribution in [0, 0.1) is 11.7 Å². The van der Waals surface area contributed by atoms with Gasteiger partial charge in [-0.1, -0.05) is 37.6 Å². The Hall–Kier alpha value is -2.80. The van der Waals surface area contributed by atoms with Crippen molar-refractivity contribution in [3.63, 3.8) is 0 Å². The maximum atomic E-state index is 14.7. The second-order valence-corrected chi connectivity index (χ2v) is 10.8. The van der Waals surface area contributed by atoms with Gasteiger partial charge in [0.2, 0.25) is 5.91 Å². The number of piperazine rings is 1. The third kappa shape index (κ3) is 4.46. The molecule has 3 unspecified atom stereocenters. The standard InChI is InChI=1S/C27H32ClFN4O2/c1-15(2)12-27(6)24-20(11-21(28)23(30-24)19-9-7-8-10-22(19)29)25(31-26(27)35)33-14-16(3)32(18(5)34)13-17(33)4/h7-11,15-17H,12-14H2,1-6H3. The lowest BCUT2D eigenvalue weighted by Crippen LogP contribution is -2.60. The van der Waals surface area contributed by atoms with Crippen LogP contribution in [0.15, 0.2) is 35.3 Å². The van der Waals surface area contributed by atoms with Crippen molar-refractivity contribution in [3.8, 4) is 11.3 Å². The predicted molar refractivity (Wildman–Crippen MR) is 136 cm³/mol. The molecular formula is C27H32ClFN4O2. The molecule has 4 rings (SSSR count). The Kier molecular flexibility index (Phi) is 6.75. The van der Waals surface area contributed by atoms with Crippen molar-refractivity contribution < 1.29 is 14.0 Å². The Bertz CT molecular complexity index is 1210. The van der Waals surface area contributed by atoms with E-state index in [0.29, 0.717) is 52.9 Å². The zero-order valence-electron chi connectivity index (χ0n) is 21.1. The summed E-state index contributed by atoms with van der Waals surface area (Å²) < 4.78 is 14.7. The van der Waals surface area contributed by atoms with Gasteiger partial charge in [0.1, 0.15) is 11.7 Å². The molecule has 0 saturated carbocycles. The molecule has 1 fully saturated rings. The normalized spacial score (nSPS) is 24.5. The smallest absolute Gasteiger partial charge is 0.259 e. The van der Waals surface area contributed by atoms with Crippen LogP contribution in [-0.4, -0.2) is 57.6 Å². The highest BCUT2D eigenvalue weighted by Gasteiger charge is 2.46. The highest BCUT2D eigenvalue weighted by molar-refractivity contribution is 6.33. The van der Waals surface area contributed by atoms with Gasteiger partial charge >= 0.3 is 0 Å². The summed E-state index contributed by atoms with van der Waals surface area (Å²) >= 11 is 6.70. The number of fused-ring (bicyclic) bond motifs is 1. The molecule has 1 aromatic heterocycles. The van der Waals surface area contributed by atoms with E-state index in [1.165, 1.54) is 6.07 Å². The van der Waals surface area contributed by atoms with Gasteiger partial charge < -0.3 is 9.80 Å². The first-order chi connectivity index (χ1) is 16.4. The molecule has 186 valence electrons. The summed E-state index contributed by atoms with van der Waals surface area (Å²) in [5, 5.41) is 0.297. The van der Waals surface area contributed by atoms with E-state index < -0.39 is 11.2 Å². The zero-order chi connectivity index (χ0) is 25.7. The molecule has 1 aromatic carbocycles. The third-order valence-electron chi connectivity index (χ3n) is 7.03. The Morgan fingerprint density at radius 1 is 1.20 bits per heavy atom. The average molecular weight is 499 g/mol.